The number of ether oxygens (including phenoxy) is 2. The second kappa shape index (κ2) is 5.51. The summed E-state index contributed by atoms with van der Waals surface area (Å²) in [5.74, 6) is 2.29. The first-order chi connectivity index (χ1) is 8.24. The quantitative estimate of drug-likeness (QED) is 0.919. The molecule has 2 rings (SSSR count). The standard InChI is InChI=1S/C11H13ClN2O2S/c1-15-9-6-8(10(16-2)5-7(9)12)14-11-13-3-4-17-11/h5-6H,3-4H2,1-2H3,(H,13,14). The zero-order valence-electron chi connectivity index (χ0n) is 9.62. The van der Waals surface area contributed by atoms with Gasteiger partial charge in [-0.15, -0.1) is 0 Å². The fourth-order valence-electron chi connectivity index (χ4n) is 1.48. The van der Waals surface area contributed by atoms with E-state index in [1.165, 1.54) is 0 Å². The van der Waals surface area contributed by atoms with Crippen LogP contribution in [0.4, 0.5) is 5.69 Å². The Morgan fingerprint density at radius 2 is 2.06 bits per heavy atom. The molecule has 1 heterocycles. The van der Waals surface area contributed by atoms with Crippen molar-refractivity contribution in [3.05, 3.63) is 17.2 Å². The summed E-state index contributed by atoms with van der Waals surface area (Å²) in [6.45, 7) is 0.847. The molecule has 0 bridgehead atoms. The number of amidine groups is 1. The number of methoxy groups -OCH3 is 2. The van der Waals surface area contributed by atoms with Crippen molar-refractivity contribution < 1.29 is 9.47 Å². The van der Waals surface area contributed by atoms with Gasteiger partial charge in [-0.25, -0.2) is 0 Å². The zero-order chi connectivity index (χ0) is 12.3. The summed E-state index contributed by atoms with van der Waals surface area (Å²) in [6.07, 6.45) is 0. The van der Waals surface area contributed by atoms with E-state index in [1.807, 2.05) is 6.07 Å². The zero-order valence-corrected chi connectivity index (χ0v) is 11.2. The monoisotopic (exact) mass is 272 g/mol. The molecule has 1 N–H and O–H groups in total. The molecule has 1 aliphatic rings. The molecule has 0 unspecified atom stereocenters. The molecule has 0 aliphatic carbocycles. The Balaban J connectivity index is 2.29. The van der Waals surface area contributed by atoms with E-state index in [0.29, 0.717) is 16.5 Å². The van der Waals surface area contributed by atoms with Crippen LogP contribution in [-0.4, -0.2) is 31.7 Å². The highest BCUT2D eigenvalue weighted by Gasteiger charge is 2.13. The predicted molar refractivity (Wildman–Crippen MR) is 72.9 cm³/mol. The van der Waals surface area contributed by atoms with E-state index in [1.54, 1.807) is 32.0 Å². The van der Waals surface area contributed by atoms with E-state index < -0.39 is 0 Å². The molecule has 6 heteroatoms. The fraction of sp³-hybridized carbons (Fsp3) is 0.364. The van der Waals surface area contributed by atoms with Crippen molar-refractivity contribution in [2.45, 2.75) is 0 Å². The summed E-state index contributed by atoms with van der Waals surface area (Å²) >= 11 is 7.71. The average Bonchev–Trinajstić information content (AvgIpc) is 2.83. The number of anilines is 1. The molecule has 0 saturated carbocycles. The molecule has 1 aromatic rings. The summed E-state index contributed by atoms with van der Waals surface area (Å²) < 4.78 is 10.4. The highest BCUT2D eigenvalue weighted by atomic mass is 35.5. The Kier molecular flexibility index (Phi) is 4.02. The van der Waals surface area contributed by atoms with E-state index in [9.17, 15) is 0 Å². The van der Waals surface area contributed by atoms with Crippen LogP contribution in [0, 0.1) is 0 Å². The Morgan fingerprint density at radius 1 is 1.29 bits per heavy atom. The van der Waals surface area contributed by atoms with Gasteiger partial charge in [0.2, 0.25) is 0 Å². The van der Waals surface area contributed by atoms with Gasteiger partial charge in [-0.05, 0) is 0 Å². The van der Waals surface area contributed by atoms with Gasteiger partial charge in [-0.3, -0.25) is 4.99 Å². The molecule has 17 heavy (non-hydrogen) atoms. The van der Waals surface area contributed by atoms with Gasteiger partial charge < -0.3 is 14.8 Å². The Labute approximate surface area is 109 Å². The van der Waals surface area contributed by atoms with Crippen LogP contribution >= 0.6 is 23.4 Å². The molecule has 92 valence electrons. The predicted octanol–water partition coefficient (Wildman–Crippen LogP) is 2.87. The van der Waals surface area contributed by atoms with Crippen LogP contribution < -0.4 is 14.8 Å². The number of benzene rings is 1. The van der Waals surface area contributed by atoms with Gasteiger partial charge in [0.25, 0.3) is 0 Å². The van der Waals surface area contributed by atoms with Crippen LogP contribution in [0.15, 0.2) is 17.1 Å². The maximum Gasteiger partial charge on any atom is 0.161 e. The number of nitrogens with zero attached hydrogens (tertiary/aromatic N) is 1. The summed E-state index contributed by atoms with van der Waals surface area (Å²) in [5, 5.41) is 4.63. The number of hydrogen-bond donors (Lipinski definition) is 1. The lowest BCUT2D eigenvalue weighted by Gasteiger charge is -2.13. The third-order valence-corrected chi connectivity index (χ3v) is 3.49. The topological polar surface area (TPSA) is 42.8 Å². The van der Waals surface area contributed by atoms with Gasteiger partial charge in [0, 0.05) is 17.9 Å². The lowest BCUT2D eigenvalue weighted by atomic mass is 10.2. The van der Waals surface area contributed by atoms with Gasteiger partial charge in [0.1, 0.15) is 11.5 Å². The van der Waals surface area contributed by atoms with Crippen molar-refractivity contribution >= 4 is 34.2 Å². The molecule has 1 aliphatic heterocycles. The summed E-state index contributed by atoms with van der Waals surface area (Å²) in [4.78, 5) is 4.32. The SMILES string of the molecule is COc1cc(NC2=NCCS2)c(OC)cc1Cl. The number of thioether (sulfide) groups is 1. The molecule has 0 spiro atoms. The maximum atomic E-state index is 6.03. The lowest BCUT2D eigenvalue weighted by molar-refractivity contribution is 0.405. The Hall–Kier alpha value is -1.07. The Bertz CT molecular complexity index is 451. The number of halogens is 1. The van der Waals surface area contributed by atoms with E-state index in [4.69, 9.17) is 21.1 Å². The first-order valence-electron chi connectivity index (χ1n) is 5.10. The third kappa shape index (κ3) is 2.79. The molecular weight excluding hydrogens is 260 g/mol. The minimum atomic E-state index is 0.524. The number of hydrogen-bond acceptors (Lipinski definition) is 5. The fourth-order valence-corrected chi connectivity index (χ4v) is 2.46. The van der Waals surface area contributed by atoms with E-state index in [-0.39, 0.29) is 0 Å². The van der Waals surface area contributed by atoms with Gasteiger partial charge in [-0.2, -0.15) is 0 Å². The van der Waals surface area contributed by atoms with E-state index >= 15 is 0 Å². The summed E-state index contributed by atoms with van der Waals surface area (Å²) in [6, 6.07) is 3.53. The highest BCUT2D eigenvalue weighted by Crippen LogP contribution is 2.36. The van der Waals surface area contributed by atoms with Gasteiger partial charge in [-0.1, -0.05) is 23.4 Å². The van der Waals surface area contributed by atoms with Crippen LogP contribution in [0.1, 0.15) is 0 Å². The Morgan fingerprint density at radius 3 is 2.65 bits per heavy atom. The minimum Gasteiger partial charge on any atom is -0.495 e. The number of rotatable bonds is 3. The van der Waals surface area contributed by atoms with E-state index in [0.717, 1.165) is 23.2 Å². The highest BCUT2D eigenvalue weighted by molar-refractivity contribution is 8.14. The third-order valence-electron chi connectivity index (χ3n) is 2.30. The van der Waals surface area contributed by atoms with Gasteiger partial charge in [0.15, 0.2) is 5.17 Å². The lowest BCUT2D eigenvalue weighted by Crippen LogP contribution is -2.06. The van der Waals surface area contributed by atoms with Crippen molar-refractivity contribution in [2.75, 3.05) is 31.8 Å². The first-order valence-corrected chi connectivity index (χ1v) is 6.46. The van der Waals surface area contributed by atoms with Crippen molar-refractivity contribution in [3.63, 3.8) is 0 Å². The van der Waals surface area contributed by atoms with E-state index in [2.05, 4.69) is 10.3 Å². The average molecular weight is 273 g/mol. The molecule has 0 fully saturated rings. The molecule has 0 radical (unpaired) electrons. The van der Waals surface area contributed by atoms with Gasteiger partial charge >= 0.3 is 0 Å². The normalized spacial score (nSPS) is 14.4. The largest absolute Gasteiger partial charge is 0.495 e. The van der Waals surface area contributed by atoms with Crippen molar-refractivity contribution in [2.24, 2.45) is 4.99 Å². The van der Waals surface area contributed by atoms with Crippen LogP contribution in [0.2, 0.25) is 5.02 Å². The molecule has 0 saturated heterocycles. The van der Waals surface area contributed by atoms with Crippen LogP contribution in [-0.2, 0) is 0 Å². The molecule has 0 aromatic heterocycles. The summed E-state index contributed by atoms with van der Waals surface area (Å²) in [5.41, 5.74) is 0.807. The number of aliphatic imine (C=N–C) groups is 1. The molecule has 0 atom stereocenters. The maximum absolute atomic E-state index is 6.03. The van der Waals surface area contributed by atoms with Gasteiger partial charge in [0.05, 0.1) is 31.5 Å². The molecule has 1 aromatic carbocycles. The second-order valence-corrected chi connectivity index (χ2v) is 4.84. The second-order valence-electron chi connectivity index (χ2n) is 3.35. The molecule has 4 nitrogen and oxygen atoms in total. The first kappa shape index (κ1) is 12.4. The van der Waals surface area contributed by atoms with Crippen LogP contribution in [0.5, 0.6) is 11.5 Å². The van der Waals surface area contributed by atoms with Crippen molar-refractivity contribution in [1.29, 1.82) is 0 Å². The smallest absolute Gasteiger partial charge is 0.161 e. The van der Waals surface area contributed by atoms with Crippen molar-refractivity contribution in [3.8, 4) is 11.5 Å². The summed E-state index contributed by atoms with van der Waals surface area (Å²) in [7, 11) is 3.19. The molecular formula is C11H13ClN2O2S. The molecule has 0 amide bonds. The van der Waals surface area contributed by atoms with Crippen LogP contribution in [0.25, 0.3) is 0 Å². The minimum absolute atomic E-state index is 0.524. The van der Waals surface area contributed by atoms with Crippen molar-refractivity contribution in [1.82, 2.24) is 0 Å². The van der Waals surface area contributed by atoms with Crippen LogP contribution in [0.3, 0.4) is 0 Å². The number of nitrogens with one attached hydrogen (secondary N) is 1.